The second kappa shape index (κ2) is 4.00. The van der Waals surface area contributed by atoms with Crippen molar-refractivity contribution in [2.75, 3.05) is 24.7 Å². The van der Waals surface area contributed by atoms with Crippen LogP contribution in [-0.4, -0.2) is 23.9 Å². The second-order valence-electron chi connectivity index (χ2n) is 2.75. The summed E-state index contributed by atoms with van der Waals surface area (Å²) >= 11 is 0. The average Bonchev–Trinajstić information content (AvgIpc) is 2.12. The summed E-state index contributed by atoms with van der Waals surface area (Å²) in [4.78, 5) is 0. The molecule has 72 valence electrons. The maximum Gasteiger partial charge on any atom is 0.121 e. The lowest BCUT2D eigenvalue weighted by Gasteiger charge is -2.11. The zero-order chi connectivity index (χ0) is 9.84. The predicted octanol–water partition coefficient (Wildman–Crippen LogP) is 0.551. The van der Waals surface area contributed by atoms with Crippen LogP contribution in [0.25, 0.3) is 0 Å². The first-order valence-corrected chi connectivity index (χ1v) is 4.09. The van der Waals surface area contributed by atoms with Crippen molar-refractivity contribution in [2.24, 2.45) is 0 Å². The van der Waals surface area contributed by atoms with Crippen LogP contribution in [0.5, 0.6) is 5.75 Å². The van der Waals surface area contributed by atoms with E-state index in [2.05, 4.69) is 5.32 Å². The van der Waals surface area contributed by atoms with Gasteiger partial charge >= 0.3 is 0 Å². The molecule has 0 radical (unpaired) electrons. The molecule has 0 aliphatic heterocycles. The lowest BCUT2D eigenvalue weighted by atomic mass is 10.1. The Hall–Kier alpha value is -1.42. The van der Waals surface area contributed by atoms with Crippen LogP contribution in [0.3, 0.4) is 0 Å². The summed E-state index contributed by atoms with van der Waals surface area (Å²) in [6.45, 7) is -0.0229. The molecule has 0 aliphatic rings. The maximum absolute atomic E-state index is 9.42. The van der Waals surface area contributed by atoms with E-state index in [0.29, 0.717) is 17.7 Å². The van der Waals surface area contributed by atoms with E-state index >= 15 is 0 Å². The molecule has 0 saturated heterocycles. The zero-order valence-electron chi connectivity index (χ0n) is 7.54. The summed E-state index contributed by atoms with van der Waals surface area (Å²) < 4.78 is 0. The molecule has 1 aromatic rings. The van der Waals surface area contributed by atoms with E-state index in [9.17, 15) is 5.11 Å². The lowest BCUT2D eigenvalue weighted by Crippen LogP contribution is -2.02. The fourth-order valence-corrected chi connectivity index (χ4v) is 1.25. The van der Waals surface area contributed by atoms with Gasteiger partial charge in [-0.05, 0) is 12.1 Å². The van der Waals surface area contributed by atoms with E-state index in [1.807, 2.05) is 0 Å². The number of phenols is 1. The van der Waals surface area contributed by atoms with Crippen molar-refractivity contribution in [1.82, 2.24) is 0 Å². The Morgan fingerprint density at radius 2 is 2.15 bits per heavy atom. The van der Waals surface area contributed by atoms with Gasteiger partial charge in [-0.1, -0.05) is 0 Å². The number of benzene rings is 1. The zero-order valence-corrected chi connectivity index (χ0v) is 7.54. The molecular weight excluding hydrogens is 168 g/mol. The molecule has 0 aliphatic carbocycles. The highest BCUT2D eigenvalue weighted by atomic mass is 16.3. The van der Waals surface area contributed by atoms with Crippen molar-refractivity contribution < 1.29 is 10.2 Å². The molecular formula is C9H14N2O2. The molecule has 0 spiro atoms. The number of hydrogen-bond donors (Lipinski definition) is 4. The Morgan fingerprint density at radius 3 is 2.69 bits per heavy atom. The number of phenolic OH excluding ortho intramolecular Hbond substituents is 1. The Bertz CT molecular complexity index is 300. The van der Waals surface area contributed by atoms with Crippen molar-refractivity contribution in [3.63, 3.8) is 0 Å². The highest BCUT2D eigenvalue weighted by Gasteiger charge is 2.08. The smallest absolute Gasteiger partial charge is 0.121 e. The molecule has 0 fully saturated rings. The summed E-state index contributed by atoms with van der Waals surface area (Å²) in [5, 5.41) is 21.1. The molecule has 0 atom stereocenters. The van der Waals surface area contributed by atoms with E-state index < -0.39 is 0 Å². The van der Waals surface area contributed by atoms with Crippen molar-refractivity contribution in [1.29, 1.82) is 0 Å². The van der Waals surface area contributed by atoms with Gasteiger partial charge in [0.2, 0.25) is 0 Å². The number of aliphatic hydroxyl groups is 1. The summed E-state index contributed by atoms with van der Waals surface area (Å²) in [6, 6.07) is 3.26. The van der Waals surface area contributed by atoms with Crippen LogP contribution >= 0.6 is 0 Å². The highest BCUT2D eigenvalue weighted by molar-refractivity contribution is 5.72. The van der Waals surface area contributed by atoms with Crippen LogP contribution in [0.4, 0.5) is 11.4 Å². The molecule has 0 amide bonds. The van der Waals surface area contributed by atoms with Gasteiger partial charge in [-0.2, -0.15) is 0 Å². The Labute approximate surface area is 77.0 Å². The van der Waals surface area contributed by atoms with Crippen molar-refractivity contribution in [2.45, 2.75) is 6.42 Å². The molecule has 4 nitrogen and oxygen atoms in total. The maximum atomic E-state index is 9.42. The van der Waals surface area contributed by atoms with E-state index in [-0.39, 0.29) is 12.4 Å². The van der Waals surface area contributed by atoms with Gasteiger partial charge in [0.25, 0.3) is 0 Å². The Kier molecular flexibility index (Phi) is 2.97. The third-order valence-corrected chi connectivity index (χ3v) is 1.96. The topological polar surface area (TPSA) is 78.5 Å². The fraction of sp³-hybridized carbons (Fsp3) is 0.333. The van der Waals surface area contributed by atoms with Gasteiger partial charge in [-0.15, -0.1) is 0 Å². The van der Waals surface area contributed by atoms with Crippen LogP contribution in [0.2, 0.25) is 0 Å². The first-order chi connectivity index (χ1) is 6.20. The number of nitrogens with two attached hydrogens (primary N) is 1. The van der Waals surface area contributed by atoms with Gasteiger partial charge in [-0.25, -0.2) is 0 Å². The first kappa shape index (κ1) is 9.67. The third-order valence-electron chi connectivity index (χ3n) is 1.96. The highest BCUT2D eigenvalue weighted by Crippen LogP contribution is 2.30. The molecule has 1 rings (SSSR count). The Balaban J connectivity index is 3.13. The van der Waals surface area contributed by atoms with Gasteiger partial charge in [0.1, 0.15) is 5.75 Å². The summed E-state index contributed by atoms with van der Waals surface area (Å²) in [7, 11) is 1.76. The summed E-state index contributed by atoms with van der Waals surface area (Å²) in [5.74, 6) is 0.130. The number of anilines is 2. The minimum atomic E-state index is -0.0229. The van der Waals surface area contributed by atoms with E-state index in [1.165, 1.54) is 0 Å². The standard InChI is InChI=1S/C9H14N2O2/c1-11-7-2-3-8(13)6(4-5-12)9(7)10/h2-3,11-13H,4-5,10H2,1H3. The first-order valence-electron chi connectivity index (χ1n) is 4.09. The van der Waals surface area contributed by atoms with E-state index in [0.717, 1.165) is 5.69 Å². The number of rotatable bonds is 3. The molecule has 4 heteroatoms. The van der Waals surface area contributed by atoms with Crippen molar-refractivity contribution in [3.05, 3.63) is 17.7 Å². The fourth-order valence-electron chi connectivity index (χ4n) is 1.25. The number of aliphatic hydroxyl groups excluding tert-OH is 1. The van der Waals surface area contributed by atoms with Crippen LogP contribution in [0, 0.1) is 0 Å². The molecule has 0 unspecified atom stereocenters. The molecule has 0 bridgehead atoms. The average molecular weight is 182 g/mol. The lowest BCUT2D eigenvalue weighted by molar-refractivity contribution is 0.297. The Morgan fingerprint density at radius 1 is 1.46 bits per heavy atom. The number of nitrogens with one attached hydrogen (secondary N) is 1. The normalized spacial score (nSPS) is 10.0. The molecule has 0 saturated carbocycles. The van der Waals surface area contributed by atoms with E-state index in [1.54, 1.807) is 19.2 Å². The molecule has 13 heavy (non-hydrogen) atoms. The van der Waals surface area contributed by atoms with Crippen molar-refractivity contribution in [3.8, 4) is 5.75 Å². The SMILES string of the molecule is CNc1ccc(O)c(CCO)c1N. The van der Waals surface area contributed by atoms with Gasteiger partial charge < -0.3 is 21.3 Å². The van der Waals surface area contributed by atoms with Gasteiger partial charge in [0, 0.05) is 25.6 Å². The molecule has 5 N–H and O–H groups in total. The molecule has 1 aromatic carbocycles. The van der Waals surface area contributed by atoms with Gasteiger partial charge in [-0.3, -0.25) is 0 Å². The van der Waals surface area contributed by atoms with Gasteiger partial charge in [0.05, 0.1) is 11.4 Å². The van der Waals surface area contributed by atoms with Crippen molar-refractivity contribution >= 4 is 11.4 Å². The third kappa shape index (κ3) is 1.84. The second-order valence-corrected chi connectivity index (χ2v) is 2.75. The van der Waals surface area contributed by atoms with Crippen LogP contribution in [0.15, 0.2) is 12.1 Å². The quantitative estimate of drug-likeness (QED) is 0.406. The monoisotopic (exact) mass is 182 g/mol. The number of nitrogen functional groups attached to an aromatic ring is 1. The number of hydrogen-bond acceptors (Lipinski definition) is 4. The van der Waals surface area contributed by atoms with Gasteiger partial charge in [0.15, 0.2) is 0 Å². The minimum Gasteiger partial charge on any atom is -0.508 e. The predicted molar refractivity (Wildman–Crippen MR) is 52.9 cm³/mol. The largest absolute Gasteiger partial charge is 0.508 e. The summed E-state index contributed by atoms with van der Waals surface area (Å²) in [6.07, 6.45) is 0.368. The van der Waals surface area contributed by atoms with Crippen LogP contribution < -0.4 is 11.1 Å². The molecule has 0 heterocycles. The van der Waals surface area contributed by atoms with Crippen LogP contribution in [0.1, 0.15) is 5.56 Å². The minimum absolute atomic E-state index is 0.0229. The van der Waals surface area contributed by atoms with Crippen LogP contribution in [-0.2, 0) is 6.42 Å². The number of aromatic hydroxyl groups is 1. The summed E-state index contributed by atoms with van der Waals surface area (Å²) in [5.41, 5.74) is 7.60. The van der Waals surface area contributed by atoms with E-state index in [4.69, 9.17) is 10.8 Å². The molecule has 0 aromatic heterocycles.